The van der Waals surface area contributed by atoms with Gasteiger partial charge in [0.05, 0.1) is 6.26 Å². The molecule has 0 saturated carbocycles. The lowest BCUT2D eigenvalue weighted by Gasteiger charge is -2.10. The number of nitrogens with one attached hydrogen (secondary N) is 2. The molecule has 8 heteroatoms. The van der Waals surface area contributed by atoms with Crippen molar-refractivity contribution in [2.75, 3.05) is 6.54 Å². The van der Waals surface area contributed by atoms with Gasteiger partial charge in [-0.15, -0.1) is 0 Å². The van der Waals surface area contributed by atoms with Crippen LogP contribution in [0.5, 0.6) is 0 Å². The average Bonchev–Trinajstić information content (AvgIpc) is 3.10. The molecule has 0 aliphatic carbocycles. The number of carboxylic acid groups (broad SMARTS) is 1. The summed E-state index contributed by atoms with van der Waals surface area (Å²) in [7, 11) is 0. The van der Waals surface area contributed by atoms with E-state index in [-0.39, 0.29) is 24.4 Å². The summed E-state index contributed by atoms with van der Waals surface area (Å²) < 4.78 is 4.98. The summed E-state index contributed by atoms with van der Waals surface area (Å²) in [6.07, 6.45) is 2.43. The van der Waals surface area contributed by atoms with Crippen molar-refractivity contribution in [3.63, 3.8) is 0 Å². The fourth-order valence-electron chi connectivity index (χ4n) is 1.85. The molecule has 7 nitrogen and oxygen atoms in total. The van der Waals surface area contributed by atoms with Gasteiger partial charge in [0.25, 0.3) is 11.8 Å². The highest BCUT2D eigenvalue weighted by atomic mass is 35.5. The molecule has 0 saturated heterocycles. The van der Waals surface area contributed by atoms with Crippen molar-refractivity contribution in [2.24, 2.45) is 0 Å². The zero-order valence-electron chi connectivity index (χ0n) is 13.0. The average molecular weight is 362 g/mol. The highest BCUT2D eigenvalue weighted by molar-refractivity contribution is 6.30. The smallest absolute Gasteiger partial charge is 0.291 e. The molecule has 0 atom stereocenters. The first-order valence-electron chi connectivity index (χ1n) is 7.26. The van der Waals surface area contributed by atoms with Gasteiger partial charge in [0, 0.05) is 24.0 Å². The van der Waals surface area contributed by atoms with E-state index in [1.54, 1.807) is 24.3 Å². The second-order valence-electron chi connectivity index (χ2n) is 4.92. The molecule has 0 radical (unpaired) electrons. The Bertz CT molecular complexity index is 782. The molecule has 0 spiro atoms. The summed E-state index contributed by atoms with van der Waals surface area (Å²) in [5.41, 5.74) is 0.552. The summed E-state index contributed by atoms with van der Waals surface area (Å²) in [6.45, 7) is -0.129. The first-order chi connectivity index (χ1) is 12.0. The topological polar surface area (TPSA) is 111 Å². The van der Waals surface area contributed by atoms with E-state index < -0.39 is 17.8 Å². The van der Waals surface area contributed by atoms with E-state index in [1.807, 2.05) is 0 Å². The number of aliphatic carboxylic acids is 1. The number of halogens is 1. The second kappa shape index (κ2) is 8.70. The van der Waals surface area contributed by atoms with Crippen molar-refractivity contribution in [3.05, 3.63) is 64.7 Å². The van der Waals surface area contributed by atoms with E-state index in [4.69, 9.17) is 16.0 Å². The zero-order chi connectivity index (χ0) is 18.2. The van der Waals surface area contributed by atoms with Crippen LogP contribution < -0.4 is 15.7 Å². The Morgan fingerprint density at radius 3 is 2.48 bits per heavy atom. The molecule has 0 unspecified atom stereocenters. The molecule has 25 heavy (non-hydrogen) atoms. The molecule has 2 amide bonds. The summed E-state index contributed by atoms with van der Waals surface area (Å²) >= 11 is 5.82. The predicted octanol–water partition coefficient (Wildman–Crippen LogP) is 0.960. The fraction of sp³-hybridized carbons (Fsp3) is 0.118. The van der Waals surface area contributed by atoms with Crippen molar-refractivity contribution in [3.8, 4) is 0 Å². The van der Waals surface area contributed by atoms with E-state index >= 15 is 0 Å². The van der Waals surface area contributed by atoms with Gasteiger partial charge in [-0.25, -0.2) is 0 Å². The van der Waals surface area contributed by atoms with Crippen LogP contribution in [0.1, 0.15) is 22.5 Å². The lowest BCUT2D eigenvalue weighted by molar-refractivity contribution is -0.305. The van der Waals surface area contributed by atoms with Crippen molar-refractivity contribution < 1.29 is 23.9 Å². The Balaban J connectivity index is 2.17. The Morgan fingerprint density at radius 2 is 1.88 bits per heavy atom. The third-order valence-electron chi connectivity index (χ3n) is 3.03. The van der Waals surface area contributed by atoms with Crippen LogP contribution in [0.3, 0.4) is 0 Å². The molecular weight excluding hydrogens is 348 g/mol. The monoisotopic (exact) mass is 361 g/mol. The van der Waals surface area contributed by atoms with Crippen molar-refractivity contribution in [1.82, 2.24) is 10.6 Å². The number of benzene rings is 1. The standard InChI is InChI=1S/C17H15ClN2O5/c18-12-5-3-11(4-6-12)10-13(16(23)19-8-7-15(21)22)20-17(24)14-2-1-9-25-14/h1-6,9-10H,7-8H2,(H,19,23)(H,20,24)(H,21,22)/p-1/b13-10+. The quantitative estimate of drug-likeness (QED) is 0.713. The number of amides is 2. The lowest BCUT2D eigenvalue weighted by atomic mass is 10.2. The third kappa shape index (κ3) is 5.82. The number of carbonyl (C=O) groups excluding carboxylic acids is 3. The highest BCUT2D eigenvalue weighted by Gasteiger charge is 2.16. The largest absolute Gasteiger partial charge is 0.550 e. The molecule has 0 fully saturated rings. The van der Waals surface area contributed by atoms with Crippen molar-refractivity contribution in [1.29, 1.82) is 0 Å². The van der Waals surface area contributed by atoms with Crippen LogP contribution in [0.25, 0.3) is 6.08 Å². The maximum Gasteiger partial charge on any atom is 0.291 e. The lowest BCUT2D eigenvalue weighted by Crippen LogP contribution is -2.37. The van der Waals surface area contributed by atoms with Crippen LogP contribution in [0.15, 0.2) is 52.8 Å². The first kappa shape index (κ1) is 18.3. The van der Waals surface area contributed by atoms with Crippen LogP contribution in [0, 0.1) is 0 Å². The van der Waals surface area contributed by atoms with Crippen LogP contribution in [0.4, 0.5) is 0 Å². The van der Waals surface area contributed by atoms with E-state index in [2.05, 4.69) is 10.6 Å². The van der Waals surface area contributed by atoms with Gasteiger partial charge < -0.3 is 25.0 Å². The Labute approximate surface area is 148 Å². The number of carbonyl (C=O) groups is 3. The van der Waals surface area contributed by atoms with Crippen LogP contribution in [-0.2, 0) is 9.59 Å². The van der Waals surface area contributed by atoms with E-state index in [9.17, 15) is 19.5 Å². The summed E-state index contributed by atoms with van der Waals surface area (Å²) in [5.74, 6) is -2.51. The van der Waals surface area contributed by atoms with Gasteiger partial charge in [0.2, 0.25) is 0 Å². The SMILES string of the molecule is O=C([O-])CCNC(=O)/C(=C\c1ccc(Cl)cc1)NC(=O)c1ccco1. The van der Waals surface area contributed by atoms with E-state index in [0.29, 0.717) is 10.6 Å². The van der Waals surface area contributed by atoms with E-state index in [0.717, 1.165) is 0 Å². The van der Waals surface area contributed by atoms with Crippen LogP contribution in [-0.4, -0.2) is 24.3 Å². The predicted molar refractivity (Wildman–Crippen MR) is 88.2 cm³/mol. The van der Waals surface area contributed by atoms with Gasteiger partial charge >= 0.3 is 0 Å². The van der Waals surface area contributed by atoms with E-state index in [1.165, 1.54) is 24.5 Å². The summed E-state index contributed by atoms with van der Waals surface area (Å²) in [6, 6.07) is 9.58. The Morgan fingerprint density at radius 1 is 1.16 bits per heavy atom. The Hall–Kier alpha value is -3.06. The first-order valence-corrected chi connectivity index (χ1v) is 7.63. The minimum Gasteiger partial charge on any atom is -0.550 e. The van der Waals surface area contributed by atoms with Gasteiger partial charge in [-0.1, -0.05) is 23.7 Å². The van der Waals surface area contributed by atoms with Crippen molar-refractivity contribution >= 4 is 35.5 Å². The van der Waals surface area contributed by atoms with Crippen LogP contribution >= 0.6 is 11.6 Å². The zero-order valence-corrected chi connectivity index (χ0v) is 13.7. The number of furan rings is 1. The summed E-state index contributed by atoms with van der Waals surface area (Å²) in [4.78, 5) is 34.8. The molecule has 130 valence electrons. The molecular formula is C17H14ClN2O5-. The summed E-state index contributed by atoms with van der Waals surface area (Å²) in [5, 5.41) is 15.8. The maximum absolute atomic E-state index is 12.2. The molecule has 0 aliphatic rings. The molecule has 2 N–H and O–H groups in total. The van der Waals surface area contributed by atoms with Crippen molar-refractivity contribution in [2.45, 2.75) is 6.42 Å². The fourth-order valence-corrected chi connectivity index (χ4v) is 1.98. The molecule has 1 aromatic heterocycles. The molecule has 0 aliphatic heterocycles. The van der Waals surface area contributed by atoms with Crippen LogP contribution in [0.2, 0.25) is 5.02 Å². The second-order valence-corrected chi connectivity index (χ2v) is 5.36. The van der Waals surface area contributed by atoms with Gasteiger partial charge in [-0.2, -0.15) is 0 Å². The molecule has 0 bridgehead atoms. The minimum atomic E-state index is -1.29. The Kier molecular flexibility index (Phi) is 6.36. The number of hydrogen-bond donors (Lipinski definition) is 2. The number of rotatable bonds is 7. The highest BCUT2D eigenvalue weighted by Crippen LogP contribution is 2.12. The number of carboxylic acids is 1. The molecule has 2 rings (SSSR count). The normalized spacial score (nSPS) is 11.0. The molecule has 2 aromatic rings. The van der Waals surface area contributed by atoms with Gasteiger partial charge in [0.1, 0.15) is 5.70 Å². The molecule has 1 heterocycles. The van der Waals surface area contributed by atoms with Gasteiger partial charge in [-0.05, 0) is 35.9 Å². The van der Waals surface area contributed by atoms with Gasteiger partial charge in [0.15, 0.2) is 5.76 Å². The number of hydrogen-bond acceptors (Lipinski definition) is 5. The maximum atomic E-state index is 12.2. The molecule has 1 aromatic carbocycles. The van der Waals surface area contributed by atoms with Gasteiger partial charge in [-0.3, -0.25) is 9.59 Å². The third-order valence-corrected chi connectivity index (χ3v) is 3.29. The minimum absolute atomic E-state index is 0.0320.